The van der Waals surface area contributed by atoms with Crippen molar-refractivity contribution in [3.8, 4) is 11.4 Å². The van der Waals surface area contributed by atoms with Crippen LogP contribution in [0.3, 0.4) is 0 Å². The lowest BCUT2D eigenvalue weighted by Crippen LogP contribution is -2.36. The van der Waals surface area contributed by atoms with Gasteiger partial charge in [0.2, 0.25) is 0 Å². The Kier molecular flexibility index (Phi) is 6.83. The molecule has 1 aromatic heterocycles. The number of carbonyl (C=O) groups is 2. The molecular formula is C29H25N5O5. The van der Waals surface area contributed by atoms with Gasteiger partial charge < -0.3 is 15.2 Å². The van der Waals surface area contributed by atoms with E-state index in [4.69, 9.17) is 4.74 Å². The highest BCUT2D eigenvalue weighted by atomic mass is 16.5. The van der Waals surface area contributed by atoms with Gasteiger partial charge in [-0.15, -0.1) is 0 Å². The molecule has 4 aromatic rings. The van der Waals surface area contributed by atoms with Crippen LogP contribution in [0.5, 0.6) is 5.75 Å². The topological polar surface area (TPSA) is 135 Å². The van der Waals surface area contributed by atoms with E-state index in [9.17, 15) is 19.5 Å². The fraction of sp³-hybridized carbons (Fsp3) is 0.103. The third-order valence-electron chi connectivity index (χ3n) is 6.44. The Morgan fingerprint density at radius 3 is 2.23 bits per heavy atom. The standard InChI is InChI=1S/C29H25N5O5/c1-17-22(28(36)37)23(18-9-5-3-6-10-18)24-25(32-33-27(35)19-13-15-21(39-2)16-14-19)31-29(38)34(26(24)30-17)20-11-7-4-8-12-20/h3-16,23,30H,1-2H3,(H,33,35)(H,36,37)(H,31,32,38). The van der Waals surface area contributed by atoms with Crippen molar-refractivity contribution < 1.29 is 19.4 Å². The van der Waals surface area contributed by atoms with Crippen molar-refractivity contribution in [3.05, 3.63) is 123 Å². The predicted octanol–water partition coefficient (Wildman–Crippen LogP) is 3.91. The van der Waals surface area contributed by atoms with Crippen LogP contribution in [-0.2, 0) is 4.79 Å². The molecule has 39 heavy (non-hydrogen) atoms. The molecule has 196 valence electrons. The van der Waals surface area contributed by atoms with Crippen LogP contribution >= 0.6 is 0 Å². The van der Waals surface area contributed by atoms with Gasteiger partial charge in [-0.25, -0.2) is 14.2 Å². The SMILES string of the molecule is COc1ccc(C(=O)NNc2nc(=O)n(-c3ccccc3)c3c2C(c2ccccc2)C(C(=O)O)=C(C)N3)cc1. The first-order valence-corrected chi connectivity index (χ1v) is 12.1. The molecule has 10 heteroatoms. The van der Waals surface area contributed by atoms with Crippen LogP contribution in [0.15, 0.2) is 101 Å². The molecule has 0 fully saturated rings. The summed E-state index contributed by atoms with van der Waals surface area (Å²) in [5.41, 5.74) is 7.19. The third kappa shape index (κ3) is 4.82. The number of amides is 1. The Hall–Kier alpha value is -5.38. The number of carboxylic acids is 1. The summed E-state index contributed by atoms with van der Waals surface area (Å²) < 4.78 is 6.53. The van der Waals surface area contributed by atoms with Gasteiger partial charge in [-0.2, -0.15) is 4.98 Å². The van der Waals surface area contributed by atoms with E-state index in [2.05, 4.69) is 21.2 Å². The average Bonchev–Trinajstić information content (AvgIpc) is 2.95. The summed E-state index contributed by atoms with van der Waals surface area (Å²) >= 11 is 0. The number of allylic oxidation sites excluding steroid dienone is 1. The highest BCUT2D eigenvalue weighted by Crippen LogP contribution is 2.44. The monoisotopic (exact) mass is 523 g/mol. The van der Waals surface area contributed by atoms with Crippen LogP contribution in [0.4, 0.5) is 11.6 Å². The Balaban J connectivity index is 1.67. The fourth-order valence-electron chi connectivity index (χ4n) is 4.64. The second kappa shape index (κ2) is 10.5. The summed E-state index contributed by atoms with van der Waals surface area (Å²) in [7, 11) is 1.53. The molecule has 5 rings (SSSR count). The maximum Gasteiger partial charge on any atom is 0.355 e. The lowest BCUT2D eigenvalue weighted by atomic mass is 9.82. The fourth-order valence-corrected chi connectivity index (χ4v) is 4.64. The minimum Gasteiger partial charge on any atom is -0.497 e. The van der Waals surface area contributed by atoms with Gasteiger partial charge in [0.15, 0.2) is 5.82 Å². The zero-order chi connectivity index (χ0) is 27.5. The normalized spacial score (nSPS) is 14.2. The maximum absolute atomic E-state index is 13.4. The van der Waals surface area contributed by atoms with Crippen LogP contribution in [0.2, 0.25) is 0 Å². The minimum atomic E-state index is -1.12. The van der Waals surface area contributed by atoms with Crippen LogP contribution in [0, 0.1) is 0 Å². The Bertz CT molecular complexity index is 1630. The second-order valence-electron chi connectivity index (χ2n) is 8.80. The molecule has 0 radical (unpaired) electrons. The van der Waals surface area contributed by atoms with Gasteiger partial charge in [0, 0.05) is 16.8 Å². The lowest BCUT2D eigenvalue weighted by Gasteiger charge is -2.32. The smallest absolute Gasteiger partial charge is 0.355 e. The number of para-hydroxylation sites is 1. The van der Waals surface area contributed by atoms with E-state index in [-0.39, 0.29) is 11.4 Å². The van der Waals surface area contributed by atoms with Crippen molar-refractivity contribution in [2.24, 2.45) is 0 Å². The summed E-state index contributed by atoms with van der Waals surface area (Å²) in [6.07, 6.45) is 0. The molecule has 1 aliphatic heterocycles. The van der Waals surface area contributed by atoms with Crippen LogP contribution in [0.1, 0.15) is 34.3 Å². The third-order valence-corrected chi connectivity index (χ3v) is 6.44. The summed E-state index contributed by atoms with van der Waals surface area (Å²) in [6.45, 7) is 1.65. The van der Waals surface area contributed by atoms with Gasteiger partial charge >= 0.3 is 11.7 Å². The highest BCUT2D eigenvalue weighted by Gasteiger charge is 2.37. The average molecular weight is 524 g/mol. The molecule has 0 spiro atoms. The quantitative estimate of drug-likeness (QED) is 0.268. The van der Waals surface area contributed by atoms with Gasteiger partial charge in [0.25, 0.3) is 5.91 Å². The molecule has 1 unspecified atom stereocenters. The molecule has 2 heterocycles. The molecule has 0 saturated heterocycles. The Morgan fingerprint density at radius 2 is 1.62 bits per heavy atom. The van der Waals surface area contributed by atoms with Gasteiger partial charge in [-0.05, 0) is 48.9 Å². The molecule has 3 aromatic carbocycles. The number of aromatic nitrogens is 2. The van der Waals surface area contributed by atoms with E-state index < -0.39 is 23.5 Å². The van der Waals surface area contributed by atoms with Crippen molar-refractivity contribution >= 4 is 23.5 Å². The van der Waals surface area contributed by atoms with Crippen molar-refractivity contribution in [1.82, 2.24) is 15.0 Å². The zero-order valence-electron chi connectivity index (χ0n) is 21.1. The summed E-state index contributed by atoms with van der Waals surface area (Å²) in [5.74, 6) is -1.44. The van der Waals surface area contributed by atoms with Crippen molar-refractivity contribution in [2.75, 3.05) is 17.9 Å². The van der Waals surface area contributed by atoms with E-state index in [1.807, 2.05) is 36.4 Å². The molecule has 4 N–H and O–H groups in total. The first-order valence-electron chi connectivity index (χ1n) is 12.1. The predicted molar refractivity (Wildman–Crippen MR) is 146 cm³/mol. The number of rotatable bonds is 7. The van der Waals surface area contributed by atoms with E-state index in [0.29, 0.717) is 39.6 Å². The second-order valence-corrected chi connectivity index (χ2v) is 8.80. The number of anilines is 2. The number of hydrogen-bond acceptors (Lipinski definition) is 7. The van der Waals surface area contributed by atoms with Crippen molar-refractivity contribution in [2.45, 2.75) is 12.8 Å². The Labute approximate surface area is 223 Å². The van der Waals surface area contributed by atoms with E-state index in [1.165, 1.54) is 11.7 Å². The van der Waals surface area contributed by atoms with Crippen LogP contribution in [0.25, 0.3) is 5.69 Å². The number of hydrazine groups is 1. The number of hydrogen-bond donors (Lipinski definition) is 4. The summed E-state index contributed by atoms with van der Waals surface area (Å²) in [4.78, 5) is 43.0. The van der Waals surface area contributed by atoms with Crippen LogP contribution in [-0.4, -0.2) is 33.6 Å². The first kappa shape index (κ1) is 25.3. The number of benzene rings is 3. The number of carbonyl (C=O) groups excluding carboxylic acids is 1. The highest BCUT2D eigenvalue weighted by molar-refractivity contribution is 5.96. The molecule has 1 atom stereocenters. The van der Waals surface area contributed by atoms with Gasteiger partial charge in [-0.3, -0.25) is 15.6 Å². The molecule has 0 bridgehead atoms. The molecule has 1 aliphatic rings. The van der Waals surface area contributed by atoms with E-state index in [0.717, 1.165) is 0 Å². The number of nitrogens with zero attached hydrogens (tertiary/aromatic N) is 2. The van der Waals surface area contributed by atoms with E-state index in [1.54, 1.807) is 55.5 Å². The largest absolute Gasteiger partial charge is 0.497 e. The van der Waals surface area contributed by atoms with E-state index >= 15 is 0 Å². The Morgan fingerprint density at radius 1 is 0.974 bits per heavy atom. The lowest BCUT2D eigenvalue weighted by molar-refractivity contribution is -0.133. The number of ether oxygens (including phenoxy) is 1. The number of fused-ring (bicyclic) bond motifs is 1. The number of aliphatic carboxylic acids is 1. The summed E-state index contributed by atoms with van der Waals surface area (Å²) in [5, 5.41) is 13.3. The van der Waals surface area contributed by atoms with Crippen molar-refractivity contribution in [3.63, 3.8) is 0 Å². The molecule has 0 aliphatic carbocycles. The first-order chi connectivity index (χ1) is 18.9. The summed E-state index contributed by atoms with van der Waals surface area (Å²) in [6, 6.07) is 24.5. The van der Waals surface area contributed by atoms with Crippen LogP contribution < -0.4 is 26.6 Å². The van der Waals surface area contributed by atoms with Crippen molar-refractivity contribution in [1.29, 1.82) is 0 Å². The number of carboxylic acid groups (broad SMARTS) is 1. The zero-order valence-corrected chi connectivity index (χ0v) is 21.1. The van der Waals surface area contributed by atoms with Gasteiger partial charge in [-0.1, -0.05) is 48.5 Å². The molecule has 0 saturated carbocycles. The van der Waals surface area contributed by atoms with Gasteiger partial charge in [0.05, 0.1) is 24.3 Å². The maximum atomic E-state index is 13.4. The van der Waals surface area contributed by atoms with Gasteiger partial charge in [0.1, 0.15) is 11.6 Å². The molecular weight excluding hydrogens is 498 g/mol. The minimum absolute atomic E-state index is 0.0247. The molecule has 1 amide bonds. The number of nitrogens with one attached hydrogen (secondary N) is 3. The molecule has 10 nitrogen and oxygen atoms in total. The number of methoxy groups -OCH3 is 1.